The van der Waals surface area contributed by atoms with Crippen molar-refractivity contribution in [2.45, 2.75) is 18.9 Å². The van der Waals surface area contributed by atoms with Crippen LogP contribution in [0.2, 0.25) is 0 Å². The Bertz CT molecular complexity index is 719. The number of hydrogen-bond acceptors (Lipinski definition) is 4. The summed E-state index contributed by atoms with van der Waals surface area (Å²) in [6.45, 7) is 2.25. The highest BCUT2D eigenvalue weighted by Gasteiger charge is 2.18. The van der Waals surface area contributed by atoms with Gasteiger partial charge in [0.25, 0.3) is 0 Å². The Morgan fingerprint density at radius 2 is 2.08 bits per heavy atom. The lowest BCUT2D eigenvalue weighted by atomic mass is 10.2. The van der Waals surface area contributed by atoms with Gasteiger partial charge in [0.1, 0.15) is 6.10 Å². The Morgan fingerprint density at radius 1 is 1.32 bits per heavy atom. The molecule has 0 aliphatic carbocycles. The Morgan fingerprint density at radius 3 is 2.80 bits per heavy atom. The predicted molar refractivity (Wildman–Crippen MR) is 102 cm³/mol. The smallest absolute Gasteiger partial charge is 0.241 e. The molecule has 1 aliphatic rings. The number of aliphatic hydroxyl groups is 1. The highest BCUT2D eigenvalue weighted by molar-refractivity contribution is 7.19. The van der Waals surface area contributed by atoms with Gasteiger partial charge >= 0.3 is 0 Å². The minimum Gasteiger partial charge on any atom is -0.386 e. The van der Waals surface area contributed by atoms with E-state index in [4.69, 9.17) is 0 Å². The summed E-state index contributed by atoms with van der Waals surface area (Å²) in [6, 6.07) is 10.1. The number of carbonyl (C=O) groups excluding carboxylic acids is 1. The summed E-state index contributed by atoms with van der Waals surface area (Å²) >= 11 is 1.59. The van der Waals surface area contributed by atoms with Crippen LogP contribution < -0.4 is 10.6 Å². The molecule has 134 valence electrons. The van der Waals surface area contributed by atoms with Crippen molar-refractivity contribution >= 4 is 33.3 Å². The van der Waals surface area contributed by atoms with Crippen molar-refractivity contribution in [1.29, 1.82) is 0 Å². The van der Waals surface area contributed by atoms with Crippen molar-refractivity contribution in [2.75, 3.05) is 33.2 Å². The van der Waals surface area contributed by atoms with Gasteiger partial charge in [0.05, 0.1) is 6.54 Å². The largest absolute Gasteiger partial charge is 0.386 e. The van der Waals surface area contributed by atoms with Crippen molar-refractivity contribution < 1.29 is 9.90 Å². The van der Waals surface area contributed by atoms with Crippen LogP contribution in [0.4, 0.5) is 0 Å². The Hall–Kier alpha value is -2.12. The highest BCUT2D eigenvalue weighted by Crippen LogP contribution is 2.29. The van der Waals surface area contributed by atoms with E-state index in [9.17, 15) is 9.90 Å². The molecule has 2 aromatic rings. The molecule has 3 N–H and O–H groups in total. The van der Waals surface area contributed by atoms with Gasteiger partial charge in [-0.1, -0.05) is 18.2 Å². The SMILES string of the molecule is CN=C(NCC(=O)N1CCCC1)NCC(O)c1cc2ccccc2s1. The number of amides is 1. The second-order valence-electron chi connectivity index (χ2n) is 6.10. The first-order valence-electron chi connectivity index (χ1n) is 8.56. The summed E-state index contributed by atoms with van der Waals surface area (Å²) in [5.74, 6) is 0.609. The number of hydrogen-bond donors (Lipinski definition) is 3. The van der Waals surface area contributed by atoms with Gasteiger partial charge in [0, 0.05) is 36.3 Å². The van der Waals surface area contributed by atoms with Gasteiger partial charge < -0.3 is 20.6 Å². The van der Waals surface area contributed by atoms with Crippen molar-refractivity contribution in [2.24, 2.45) is 4.99 Å². The number of nitrogens with zero attached hydrogens (tertiary/aromatic N) is 2. The van der Waals surface area contributed by atoms with Crippen LogP contribution >= 0.6 is 11.3 Å². The van der Waals surface area contributed by atoms with Crippen LogP contribution in [0, 0.1) is 0 Å². The molecular formula is C18H24N4O2S. The lowest BCUT2D eigenvalue weighted by Crippen LogP contribution is -2.44. The fourth-order valence-electron chi connectivity index (χ4n) is 2.92. The molecule has 1 aromatic carbocycles. The van der Waals surface area contributed by atoms with Crippen molar-refractivity contribution in [1.82, 2.24) is 15.5 Å². The molecule has 1 saturated heterocycles. The lowest BCUT2D eigenvalue weighted by Gasteiger charge is -2.18. The van der Waals surface area contributed by atoms with Gasteiger partial charge in [-0.15, -0.1) is 11.3 Å². The minimum absolute atomic E-state index is 0.0884. The molecule has 0 saturated carbocycles. The topological polar surface area (TPSA) is 77.0 Å². The van der Waals surface area contributed by atoms with Gasteiger partial charge in [0.2, 0.25) is 5.91 Å². The predicted octanol–water partition coefficient (Wildman–Crippen LogP) is 1.72. The molecule has 2 heterocycles. The highest BCUT2D eigenvalue weighted by atomic mass is 32.1. The second kappa shape index (κ2) is 8.31. The molecule has 25 heavy (non-hydrogen) atoms. The number of aliphatic hydroxyl groups excluding tert-OH is 1. The number of rotatable bonds is 5. The van der Waals surface area contributed by atoms with Crippen molar-refractivity contribution in [3.05, 3.63) is 35.2 Å². The van der Waals surface area contributed by atoms with Gasteiger partial charge in [-0.05, 0) is 30.4 Å². The Labute approximate surface area is 151 Å². The fourth-order valence-corrected chi connectivity index (χ4v) is 3.97. The monoisotopic (exact) mass is 360 g/mol. The number of benzene rings is 1. The molecule has 3 rings (SSSR count). The molecule has 1 aromatic heterocycles. The van der Waals surface area contributed by atoms with Crippen molar-refractivity contribution in [3.63, 3.8) is 0 Å². The van der Waals surface area contributed by atoms with Gasteiger partial charge in [0.15, 0.2) is 5.96 Å². The zero-order chi connectivity index (χ0) is 17.6. The van der Waals surface area contributed by atoms with E-state index < -0.39 is 6.10 Å². The molecule has 1 aliphatic heterocycles. The van der Waals surface area contributed by atoms with Crippen LogP contribution in [-0.4, -0.2) is 55.1 Å². The number of likely N-dealkylation sites (tertiary alicyclic amines) is 1. The third-order valence-corrected chi connectivity index (χ3v) is 5.54. The number of guanidine groups is 1. The molecule has 1 amide bonds. The van der Waals surface area contributed by atoms with Crippen LogP contribution in [0.1, 0.15) is 23.8 Å². The standard InChI is InChI=1S/C18H24N4O2S/c1-19-18(21-12-17(24)22-8-4-5-9-22)20-11-14(23)16-10-13-6-2-3-7-15(13)25-16/h2-3,6-7,10,14,23H,4-5,8-9,11-12H2,1H3,(H2,19,20,21). The van der Waals surface area contributed by atoms with E-state index >= 15 is 0 Å². The normalized spacial score (nSPS) is 16.2. The molecule has 1 unspecified atom stereocenters. The summed E-state index contributed by atoms with van der Waals surface area (Å²) in [7, 11) is 1.65. The van der Waals surface area contributed by atoms with Crippen molar-refractivity contribution in [3.8, 4) is 0 Å². The van der Waals surface area contributed by atoms with E-state index in [-0.39, 0.29) is 12.5 Å². The number of thiophene rings is 1. The maximum Gasteiger partial charge on any atom is 0.241 e. The van der Waals surface area contributed by atoms with E-state index in [0.717, 1.165) is 40.9 Å². The minimum atomic E-state index is -0.620. The second-order valence-corrected chi connectivity index (χ2v) is 7.21. The first kappa shape index (κ1) is 17.7. The quantitative estimate of drug-likeness (QED) is 0.561. The van der Waals surface area contributed by atoms with Crippen LogP contribution in [0.25, 0.3) is 10.1 Å². The average Bonchev–Trinajstić information content (AvgIpc) is 3.30. The molecule has 1 fully saturated rings. The van der Waals surface area contributed by atoms with Gasteiger partial charge in [-0.25, -0.2) is 0 Å². The molecule has 7 heteroatoms. The van der Waals surface area contributed by atoms with Gasteiger partial charge in [-0.3, -0.25) is 9.79 Å². The average molecular weight is 360 g/mol. The summed E-state index contributed by atoms with van der Waals surface area (Å²) in [5, 5.41) is 17.6. The van der Waals surface area contributed by atoms with E-state index in [1.54, 1.807) is 18.4 Å². The number of fused-ring (bicyclic) bond motifs is 1. The molecule has 6 nitrogen and oxygen atoms in total. The maximum absolute atomic E-state index is 12.1. The summed E-state index contributed by atoms with van der Waals surface area (Å²) < 4.78 is 1.16. The maximum atomic E-state index is 12.1. The molecule has 0 bridgehead atoms. The summed E-state index contributed by atoms with van der Waals surface area (Å²) in [5.41, 5.74) is 0. The zero-order valence-electron chi connectivity index (χ0n) is 14.4. The third kappa shape index (κ3) is 4.49. The lowest BCUT2D eigenvalue weighted by molar-refractivity contribution is -0.128. The van der Waals surface area contributed by atoms with Crippen LogP contribution in [0.15, 0.2) is 35.3 Å². The van der Waals surface area contributed by atoms with Gasteiger partial charge in [-0.2, -0.15) is 0 Å². The first-order valence-corrected chi connectivity index (χ1v) is 9.38. The van der Waals surface area contributed by atoms with E-state index in [0.29, 0.717) is 12.5 Å². The number of aliphatic imine (C=N–C) groups is 1. The van der Waals surface area contributed by atoms with E-state index in [1.165, 1.54) is 0 Å². The molecule has 0 radical (unpaired) electrons. The number of carbonyl (C=O) groups is 1. The molecule has 1 atom stereocenters. The van der Waals surface area contributed by atoms with E-state index in [2.05, 4.69) is 15.6 Å². The van der Waals surface area contributed by atoms with Crippen LogP contribution in [0.3, 0.4) is 0 Å². The van der Waals surface area contributed by atoms with E-state index in [1.807, 2.05) is 35.2 Å². The molecular weight excluding hydrogens is 336 g/mol. The number of nitrogens with one attached hydrogen (secondary N) is 2. The Balaban J connectivity index is 1.49. The Kier molecular flexibility index (Phi) is 5.88. The third-order valence-electron chi connectivity index (χ3n) is 4.33. The zero-order valence-corrected chi connectivity index (χ0v) is 15.2. The van der Waals surface area contributed by atoms with Crippen LogP contribution in [0.5, 0.6) is 0 Å². The fraction of sp³-hybridized carbons (Fsp3) is 0.444. The summed E-state index contributed by atoms with van der Waals surface area (Å²) in [4.78, 5) is 19.0. The van der Waals surface area contributed by atoms with Crippen LogP contribution in [-0.2, 0) is 4.79 Å². The first-order chi connectivity index (χ1) is 12.2. The summed E-state index contributed by atoms with van der Waals surface area (Å²) in [6.07, 6.45) is 1.55. The molecule has 0 spiro atoms.